The third-order valence-electron chi connectivity index (χ3n) is 4.73. The average molecular weight is 378 g/mol. The number of carbonyl (C=O) groups excluding carboxylic acids is 1. The fourth-order valence-electron chi connectivity index (χ4n) is 3.49. The van der Waals surface area contributed by atoms with Crippen molar-refractivity contribution in [3.05, 3.63) is 56.8 Å². The van der Waals surface area contributed by atoms with Crippen LogP contribution < -0.4 is 11.2 Å². The zero-order chi connectivity index (χ0) is 19.6. The van der Waals surface area contributed by atoms with Crippen LogP contribution in [0.4, 0.5) is 8.78 Å². The van der Waals surface area contributed by atoms with Crippen LogP contribution in [0.15, 0.2) is 33.9 Å². The Bertz CT molecular complexity index is 1020. The standard InChI is InChI=1S/C19H20F2N2O4/c1-2-27-17(24)8-5-9-22-18(25)13-10-14(20)15(21)11-16(13)23(19(22)26)12-6-3-4-7-12/h5,8,10-12H,2-4,6-7,9H2,1H3/b8-5+. The van der Waals surface area contributed by atoms with Gasteiger partial charge in [-0.2, -0.15) is 0 Å². The van der Waals surface area contributed by atoms with E-state index in [1.165, 1.54) is 10.6 Å². The van der Waals surface area contributed by atoms with E-state index in [1.54, 1.807) is 6.92 Å². The van der Waals surface area contributed by atoms with Gasteiger partial charge >= 0.3 is 11.7 Å². The molecule has 0 N–H and O–H groups in total. The first kappa shape index (κ1) is 19.0. The molecule has 1 saturated carbocycles. The number of esters is 1. The van der Waals surface area contributed by atoms with Gasteiger partial charge in [0.05, 0.1) is 17.5 Å². The molecule has 2 aromatic rings. The molecule has 0 atom stereocenters. The summed E-state index contributed by atoms with van der Waals surface area (Å²) in [5.41, 5.74) is -1.23. The van der Waals surface area contributed by atoms with Crippen molar-refractivity contribution in [2.45, 2.75) is 45.2 Å². The highest BCUT2D eigenvalue weighted by Gasteiger charge is 2.24. The fraction of sp³-hybridized carbons (Fsp3) is 0.421. The summed E-state index contributed by atoms with van der Waals surface area (Å²) in [4.78, 5) is 37.0. The zero-order valence-corrected chi connectivity index (χ0v) is 14.9. The number of rotatable bonds is 5. The largest absolute Gasteiger partial charge is 0.463 e. The van der Waals surface area contributed by atoms with Crippen LogP contribution >= 0.6 is 0 Å². The van der Waals surface area contributed by atoms with Crippen molar-refractivity contribution < 1.29 is 18.3 Å². The highest BCUT2D eigenvalue weighted by molar-refractivity contribution is 5.81. The molecular weight excluding hydrogens is 358 g/mol. The van der Waals surface area contributed by atoms with E-state index in [2.05, 4.69) is 0 Å². The molecule has 1 aliphatic carbocycles. The predicted molar refractivity (Wildman–Crippen MR) is 95.7 cm³/mol. The van der Waals surface area contributed by atoms with Crippen LogP contribution in [0.2, 0.25) is 0 Å². The molecule has 1 aliphatic rings. The maximum Gasteiger partial charge on any atom is 0.332 e. The van der Waals surface area contributed by atoms with Gasteiger partial charge in [0.25, 0.3) is 5.56 Å². The van der Waals surface area contributed by atoms with E-state index in [-0.39, 0.29) is 30.1 Å². The number of nitrogens with zero attached hydrogens (tertiary/aromatic N) is 2. The number of fused-ring (bicyclic) bond motifs is 1. The molecule has 144 valence electrons. The summed E-state index contributed by atoms with van der Waals surface area (Å²) in [6, 6.07) is 1.55. The summed E-state index contributed by atoms with van der Waals surface area (Å²) in [5.74, 6) is -2.84. The van der Waals surface area contributed by atoms with Crippen molar-refractivity contribution >= 4 is 16.9 Å². The first-order chi connectivity index (χ1) is 12.9. The van der Waals surface area contributed by atoms with E-state index in [9.17, 15) is 23.2 Å². The number of halogens is 2. The molecule has 0 radical (unpaired) electrons. The first-order valence-electron chi connectivity index (χ1n) is 8.91. The van der Waals surface area contributed by atoms with Gasteiger partial charge in [0.2, 0.25) is 0 Å². The van der Waals surface area contributed by atoms with Gasteiger partial charge in [-0.05, 0) is 25.8 Å². The molecule has 0 bridgehead atoms. The number of hydrogen-bond donors (Lipinski definition) is 0. The van der Waals surface area contributed by atoms with Crippen molar-refractivity contribution in [2.75, 3.05) is 6.61 Å². The van der Waals surface area contributed by atoms with E-state index in [1.807, 2.05) is 0 Å². The van der Waals surface area contributed by atoms with E-state index >= 15 is 0 Å². The SMILES string of the molecule is CCOC(=O)/C=C/Cn1c(=O)c2cc(F)c(F)cc2n(C2CCCC2)c1=O. The van der Waals surface area contributed by atoms with Gasteiger partial charge in [-0.1, -0.05) is 18.9 Å². The molecular formula is C19H20F2N2O4. The average Bonchev–Trinajstić information content (AvgIpc) is 3.14. The molecule has 27 heavy (non-hydrogen) atoms. The van der Waals surface area contributed by atoms with E-state index < -0.39 is 28.9 Å². The summed E-state index contributed by atoms with van der Waals surface area (Å²) in [7, 11) is 0. The van der Waals surface area contributed by atoms with Crippen LogP contribution in [-0.2, 0) is 16.1 Å². The van der Waals surface area contributed by atoms with Gasteiger partial charge in [-0.15, -0.1) is 0 Å². The fourth-order valence-corrected chi connectivity index (χ4v) is 3.49. The van der Waals surface area contributed by atoms with Crippen LogP contribution in [0.1, 0.15) is 38.6 Å². The van der Waals surface area contributed by atoms with E-state index in [4.69, 9.17) is 4.74 Å². The normalized spacial score (nSPS) is 15.1. The maximum absolute atomic E-state index is 13.8. The highest BCUT2D eigenvalue weighted by Crippen LogP contribution is 2.30. The lowest BCUT2D eigenvalue weighted by Crippen LogP contribution is -2.41. The van der Waals surface area contributed by atoms with Crippen LogP contribution in [0.3, 0.4) is 0 Å². The number of ether oxygens (including phenoxy) is 1. The molecule has 0 unspecified atom stereocenters. The topological polar surface area (TPSA) is 70.3 Å². The zero-order valence-electron chi connectivity index (χ0n) is 14.9. The second-order valence-electron chi connectivity index (χ2n) is 6.44. The van der Waals surface area contributed by atoms with Crippen LogP contribution in [-0.4, -0.2) is 21.7 Å². The summed E-state index contributed by atoms with van der Waals surface area (Å²) in [6.07, 6.45) is 5.76. The van der Waals surface area contributed by atoms with Crippen molar-refractivity contribution in [3.63, 3.8) is 0 Å². The minimum atomic E-state index is -1.15. The summed E-state index contributed by atoms with van der Waals surface area (Å²) >= 11 is 0. The Balaban J connectivity index is 2.16. The van der Waals surface area contributed by atoms with Gasteiger partial charge in [-0.25, -0.2) is 18.4 Å². The Morgan fingerprint density at radius 2 is 1.89 bits per heavy atom. The Hall–Kier alpha value is -2.77. The van der Waals surface area contributed by atoms with Crippen LogP contribution in [0, 0.1) is 11.6 Å². The quantitative estimate of drug-likeness (QED) is 0.593. The molecule has 0 spiro atoms. The van der Waals surface area contributed by atoms with Crippen molar-refractivity contribution in [2.24, 2.45) is 0 Å². The Labute approximate surface area is 153 Å². The molecule has 1 fully saturated rings. The molecule has 1 aromatic carbocycles. The predicted octanol–water partition coefficient (Wildman–Crippen LogP) is 2.68. The third kappa shape index (κ3) is 3.70. The lowest BCUT2D eigenvalue weighted by molar-refractivity contribution is -0.137. The highest BCUT2D eigenvalue weighted by atomic mass is 19.2. The number of aromatic nitrogens is 2. The minimum absolute atomic E-state index is 0.0649. The molecule has 0 saturated heterocycles. The molecule has 6 nitrogen and oxygen atoms in total. The van der Waals surface area contributed by atoms with Gasteiger partial charge < -0.3 is 4.74 Å². The number of hydrogen-bond acceptors (Lipinski definition) is 4. The third-order valence-corrected chi connectivity index (χ3v) is 4.73. The van der Waals surface area contributed by atoms with E-state index in [0.29, 0.717) is 0 Å². The van der Waals surface area contributed by atoms with Gasteiger partial charge in [0, 0.05) is 24.7 Å². The molecule has 1 heterocycles. The van der Waals surface area contributed by atoms with Gasteiger partial charge in [0.1, 0.15) is 0 Å². The van der Waals surface area contributed by atoms with Crippen molar-refractivity contribution in [1.82, 2.24) is 9.13 Å². The number of carbonyl (C=O) groups is 1. The van der Waals surface area contributed by atoms with Gasteiger partial charge in [-0.3, -0.25) is 13.9 Å². The lowest BCUT2D eigenvalue weighted by Gasteiger charge is -2.18. The molecule has 0 amide bonds. The number of benzene rings is 1. The first-order valence-corrected chi connectivity index (χ1v) is 8.91. The van der Waals surface area contributed by atoms with Gasteiger partial charge in [0.15, 0.2) is 11.6 Å². The summed E-state index contributed by atoms with van der Waals surface area (Å²) in [6.45, 7) is 1.70. The Kier molecular flexibility index (Phi) is 5.53. The summed E-state index contributed by atoms with van der Waals surface area (Å²) in [5, 5.41) is -0.0649. The monoisotopic (exact) mass is 378 g/mol. The second-order valence-corrected chi connectivity index (χ2v) is 6.44. The maximum atomic E-state index is 13.8. The van der Waals surface area contributed by atoms with Crippen LogP contribution in [0.5, 0.6) is 0 Å². The smallest absolute Gasteiger partial charge is 0.332 e. The molecule has 3 rings (SSSR count). The molecule has 8 heteroatoms. The van der Waals surface area contributed by atoms with Crippen molar-refractivity contribution in [3.8, 4) is 0 Å². The Morgan fingerprint density at radius 1 is 1.22 bits per heavy atom. The molecule has 0 aliphatic heterocycles. The number of allylic oxidation sites excluding steroid dienone is 1. The summed E-state index contributed by atoms with van der Waals surface area (Å²) < 4.78 is 34.6. The van der Waals surface area contributed by atoms with E-state index in [0.717, 1.165) is 48.5 Å². The lowest BCUT2D eigenvalue weighted by atomic mass is 10.2. The van der Waals surface area contributed by atoms with Crippen molar-refractivity contribution in [1.29, 1.82) is 0 Å². The molecule has 1 aromatic heterocycles. The second kappa shape index (κ2) is 7.85. The Morgan fingerprint density at radius 3 is 2.56 bits per heavy atom. The minimum Gasteiger partial charge on any atom is -0.463 e. The van der Waals surface area contributed by atoms with Crippen LogP contribution in [0.25, 0.3) is 10.9 Å².